The van der Waals surface area contributed by atoms with Gasteiger partial charge in [0.25, 0.3) is 12.3 Å². The second kappa shape index (κ2) is 7.23. The van der Waals surface area contributed by atoms with E-state index in [4.69, 9.17) is 4.74 Å². The molecule has 0 fully saturated rings. The highest BCUT2D eigenvalue weighted by atomic mass is 32.1. The van der Waals surface area contributed by atoms with Crippen molar-refractivity contribution in [2.75, 3.05) is 5.32 Å². The molecule has 0 unspecified atom stereocenters. The molecule has 2 rings (SSSR count). The summed E-state index contributed by atoms with van der Waals surface area (Å²) >= 11 is 0.595. The summed E-state index contributed by atoms with van der Waals surface area (Å²) in [6.45, 7) is 2.91. The van der Waals surface area contributed by atoms with Crippen LogP contribution < -0.4 is 10.1 Å². The number of carbonyl (C=O) groups is 2. The van der Waals surface area contributed by atoms with Gasteiger partial charge in [0.05, 0.1) is 0 Å². The molecule has 0 aliphatic carbocycles. The lowest BCUT2D eigenvalue weighted by molar-refractivity contribution is -0.122. The summed E-state index contributed by atoms with van der Waals surface area (Å²) in [7, 11) is 0. The monoisotopic (exact) mass is 341 g/mol. The minimum Gasteiger partial charge on any atom is -0.481 e. The fraction of sp³-hybridized carbons (Fsp3) is 0.286. The Balaban J connectivity index is 1.99. The molecule has 23 heavy (non-hydrogen) atoms. The number of aromatic nitrogens is 2. The molecule has 0 radical (unpaired) electrons. The third-order valence-electron chi connectivity index (χ3n) is 2.78. The van der Waals surface area contributed by atoms with Crippen molar-refractivity contribution in [3.05, 3.63) is 34.8 Å². The summed E-state index contributed by atoms with van der Waals surface area (Å²) in [6, 6.07) is 6.39. The molecule has 0 bridgehead atoms. The lowest BCUT2D eigenvalue weighted by Gasteiger charge is -2.13. The van der Waals surface area contributed by atoms with Gasteiger partial charge in [-0.05, 0) is 26.0 Å². The highest BCUT2D eigenvalue weighted by Crippen LogP contribution is 2.25. The van der Waals surface area contributed by atoms with Gasteiger partial charge in [-0.2, -0.15) is 0 Å². The average molecular weight is 341 g/mol. The van der Waals surface area contributed by atoms with Gasteiger partial charge in [-0.3, -0.25) is 14.9 Å². The molecular weight excluding hydrogens is 328 g/mol. The smallest absolute Gasteiger partial charge is 0.291 e. The van der Waals surface area contributed by atoms with Gasteiger partial charge < -0.3 is 4.74 Å². The van der Waals surface area contributed by atoms with Crippen molar-refractivity contribution in [1.29, 1.82) is 0 Å². The number of alkyl halides is 2. The zero-order valence-corrected chi connectivity index (χ0v) is 13.1. The maximum absolute atomic E-state index is 12.4. The molecule has 122 valence electrons. The van der Waals surface area contributed by atoms with Crippen LogP contribution in [0.3, 0.4) is 0 Å². The van der Waals surface area contributed by atoms with Crippen LogP contribution in [0.4, 0.5) is 13.9 Å². The maximum atomic E-state index is 12.4. The van der Waals surface area contributed by atoms with E-state index in [-0.39, 0.29) is 10.9 Å². The fourth-order valence-corrected chi connectivity index (χ4v) is 2.23. The van der Waals surface area contributed by atoms with Gasteiger partial charge in [0.2, 0.25) is 5.13 Å². The fourth-order valence-electron chi connectivity index (χ4n) is 1.63. The number of amides is 1. The van der Waals surface area contributed by atoms with Crippen molar-refractivity contribution in [1.82, 2.24) is 10.2 Å². The molecule has 1 heterocycles. The quantitative estimate of drug-likeness (QED) is 0.817. The van der Waals surface area contributed by atoms with E-state index in [1.807, 2.05) is 0 Å². The van der Waals surface area contributed by atoms with Crippen molar-refractivity contribution in [2.45, 2.75) is 26.4 Å². The Bertz CT molecular complexity index is 721. The second-order valence-corrected chi connectivity index (χ2v) is 5.59. The van der Waals surface area contributed by atoms with Gasteiger partial charge >= 0.3 is 0 Å². The first-order chi connectivity index (χ1) is 10.9. The largest absolute Gasteiger partial charge is 0.481 e. The number of nitrogens with one attached hydrogen (secondary N) is 1. The van der Waals surface area contributed by atoms with E-state index in [0.29, 0.717) is 22.6 Å². The first kappa shape index (κ1) is 16.9. The van der Waals surface area contributed by atoms with Crippen molar-refractivity contribution in [3.63, 3.8) is 0 Å². The standard InChI is InChI=1S/C14H13F2N3O3S/c1-7(20)9-4-3-5-10(6-9)22-8(2)12(21)17-14-19-18-13(23-14)11(15)16/h3-6,8,11H,1-2H3,(H,17,19,21)/t8-/m0/s1. The number of benzene rings is 1. The molecule has 0 saturated carbocycles. The predicted octanol–water partition coefficient (Wildman–Crippen LogP) is 3.08. The number of rotatable bonds is 6. The summed E-state index contributed by atoms with van der Waals surface area (Å²) in [5.74, 6) is -0.331. The van der Waals surface area contributed by atoms with Crippen LogP contribution in [0.5, 0.6) is 5.75 Å². The molecule has 2 aromatic rings. The van der Waals surface area contributed by atoms with Gasteiger partial charge in [-0.15, -0.1) is 10.2 Å². The van der Waals surface area contributed by atoms with E-state index in [2.05, 4.69) is 15.5 Å². The van der Waals surface area contributed by atoms with E-state index in [0.717, 1.165) is 0 Å². The predicted molar refractivity (Wildman–Crippen MR) is 80.0 cm³/mol. The van der Waals surface area contributed by atoms with Gasteiger partial charge in [-0.1, -0.05) is 23.5 Å². The normalized spacial score (nSPS) is 12.0. The SMILES string of the molecule is CC(=O)c1cccc(O[C@@H](C)C(=O)Nc2nnc(C(F)F)s2)c1. The molecule has 1 atom stereocenters. The summed E-state index contributed by atoms with van der Waals surface area (Å²) in [4.78, 5) is 23.3. The zero-order chi connectivity index (χ0) is 17.0. The highest BCUT2D eigenvalue weighted by Gasteiger charge is 2.19. The Hall–Kier alpha value is -2.42. The summed E-state index contributed by atoms with van der Waals surface area (Å²) in [6.07, 6.45) is -3.64. The van der Waals surface area contributed by atoms with Crippen molar-refractivity contribution < 1.29 is 23.1 Å². The Morgan fingerprint density at radius 1 is 1.30 bits per heavy atom. The van der Waals surface area contributed by atoms with Crippen LogP contribution >= 0.6 is 11.3 Å². The van der Waals surface area contributed by atoms with Crippen LogP contribution in [0.1, 0.15) is 35.6 Å². The van der Waals surface area contributed by atoms with Crippen LogP contribution in [0.2, 0.25) is 0 Å². The van der Waals surface area contributed by atoms with E-state index in [1.54, 1.807) is 18.2 Å². The zero-order valence-electron chi connectivity index (χ0n) is 12.2. The number of hydrogen-bond donors (Lipinski definition) is 1. The molecule has 1 aromatic heterocycles. The third-order valence-corrected chi connectivity index (χ3v) is 3.63. The van der Waals surface area contributed by atoms with Gasteiger partial charge in [-0.25, -0.2) is 8.78 Å². The molecule has 0 aliphatic rings. The Labute approximate surface area is 134 Å². The average Bonchev–Trinajstić information content (AvgIpc) is 2.96. The lowest BCUT2D eigenvalue weighted by atomic mass is 10.1. The molecule has 9 heteroatoms. The van der Waals surface area contributed by atoms with Crippen LogP contribution in [-0.2, 0) is 4.79 Å². The van der Waals surface area contributed by atoms with E-state index >= 15 is 0 Å². The Morgan fingerprint density at radius 3 is 2.65 bits per heavy atom. The minimum atomic E-state index is -2.74. The topological polar surface area (TPSA) is 81.2 Å². The lowest BCUT2D eigenvalue weighted by Crippen LogP contribution is -2.30. The second-order valence-electron chi connectivity index (χ2n) is 4.58. The number of halogens is 2. The third kappa shape index (κ3) is 4.52. The molecular formula is C14H13F2N3O3S. The molecule has 1 N–H and O–H groups in total. The molecule has 0 saturated heterocycles. The molecule has 0 aliphatic heterocycles. The van der Waals surface area contributed by atoms with Gasteiger partial charge in [0.1, 0.15) is 5.75 Å². The summed E-state index contributed by atoms with van der Waals surface area (Å²) in [5, 5.41) is 8.59. The van der Waals surface area contributed by atoms with Crippen LogP contribution in [0, 0.1) is 0 Å². The van der Waals surface area contributed by atoms with Crippen molar-refractivity contribution in [2.24, 2.45) is 0 Å². The van der Waals surface area contributed by atoms with Gasteiger partial charge in [0, 0.05) is 5.56 Å². The van der Waals surface area contributed by atoms with Gasteiger partial charge in [0.15, 0.2) is 16.9 Å². The number of nitrogens with zero attached hydrogens (tertiary/aromatic N) is 2. The number of hydrogen-bond acceptors (Lipinski definition) is 6. The van der Waals surface area contributed by atoms with E-state index in [1.165, 1.54) is 19.9 Å². The first-order valence-electron chi connectivity index (χ1n) is 6.57. The number of Topliss-reactive ketones (excluding diaryl/α,β-unsaturated/α-hetero) is 1. The van der Waals surface area contributed by atoms with Crippen LogP contribution in [0.15, 0.2) is 24.3 Å². The molecule has 1 amide bonds. The number of ketones is 1. The Kier molecular flexibility index (Phi) is 5.32. The Morgan fingerprint density at radius 2 is 2.04 bits per heavy atom. The van der Waals surface area contributed by atoms with Crippen molar-refractivity contribution >= 4 is 28.2 Å². The molecule has 6 nitrogen and oxygen atoms in total. The molecule has 1 aromatic carbocycles. The van der Waals surface area contributed by atoms with Crippen LogP contribution in [0.25, 0.3) is 0 Å². The highest BCUT2D eigenvalue weighted by molar-refractivity contribution is 7.15. The first-order valence-corrected chi connectivity index (χ1v) is 7.38. The van der Waals surface area contributed by atoms with E-state index < -0.39 is 23.4 Å². The molecule has 0 spiro atoms. The maximum Gasteiger partial charge on any atom is 0.291 e. The van der Waals surface area contributed by atoms with E-state index in [9.17, 15) is 18.4 Å². The van der Waals surface area contributed by atoms with Crippen molar-refractivity contribution in [3.8, 4) is 5.75 Å². The number of carbonyl (C=O) groups excluding carboxylic acids is 2. The summed E-state index contributed by atoms with van der Waals surface area (Å²) in [5.41, 5.74) is 0.459. The number of anilines is 1. The minimum absolute atomic E-state index is 0.0294. The number of ether oxygens (including phenoxy) is 1. The van der Waals surface area contributed by atoms with Crippen LogP contribution in [-0.4, -0.2) is 28.0 Å². The summed E-state index contributed by atoms with van der Waals surface area (Å²) < 4.78 is 30.3.